The van der Waals surface area contributed by atoms with Gasteiger partial charge in [-0.1, -0.05) is 0 Å². The Hall–Kier alpha value is -1.81. The van der Waals surface area contributed by atoms with E-state index in [1.807, 2.05) is 32.0 Å². The van der Waals surface area contributed by atoms with Crippen molar-refractivity contribution in [2.45, 2.75) is 19.2 Å². The highest BCUT2D eigenvalue weighted by Crippen LogP contribution is 2.46. The van der Waals surface area contributed by atoms with Crippen LogP contribution in [0.25, 0.3) is 0 Å². The van der Waals surface area contributed by atoms with Crippen LogP contribution in [0, 0.1) is 13.8 Å². The molecule has 2 rings (SSSR count). The zero-order chi connectivity index (χ0) is 15.6. The molecule has 2 aromatic rings. The molecule has 0 amide bonds. The van der Waals surface area contributed by atoms with Crippen molar-refractivity contribution in [1.29, 1.82) is 0 Å². The van der Waals surface area contributed by atoms with Gasteiger partial charge in [0.25, 0.3) is 0 Å². The first-order valence-electron chi connectivity index (χ1n) is 6.53. The van der Waals surface area contributed by atoms with Gasteiger partial charge in [-0.3, -0.25) is 0 Å². The lowest BCUT2D eigenvalue weighted by molar-refractivity contribution is 0.322. The summed E-state index contributed by atoms with van der Waals surface area (Å²) in [7, 11) is 4.73. The van der Waals surface area contributed by atoms with Gasteiger partial charge in [-0.2, -0.15) is 0 Å². The van der Waals surface area contributed by atoms with E-state index in [9.17, 15) is 0 Å². The fourth-order valence-corrected chi connectivity index (χ4v) is 2.78. The third kappa shape index (κ3) is 2.81. The summed E-state index contributed by atoms with van der Waals surface area (Å²) >= 11 is 6.62. The maximum atomic E-state index is 6.62. The number of benzene rings is 1. The lowest BCUT2D eigenvalue weighted by Crippen LogP contribution is -2.02. The number of hydrogen-bond donors (Lipinski definition) is 0. The van der Waals surface area contributed by atoms with Gasteiger partial charge in [0.15, 0.2) is 11.5 Å². The fraction of sp³-hybridized carbons (Fsp3) is 0.375. The number of rotatable bonds is 5. The van der Waals surface area contributed by atoms with Crippen LogP contribution >= 0.6 is 11.6 Å². The van der Waals surface area contributed by atoms with Crippen molar-refractivity contribution >= 4 is 11.6 Å². The predicted octanol–water partition coefficient (Wildman–Crippen LogP) is 4.25. The Bertz CT molecular complexity index is 633. The average molecular weight is 311 g/mol. The minimum Gasteiger partial charge on any atom is -0.493 e. The van der Waals surface area contributed by atoms with Gasteiger partial charge in [0, 0.05) is 11.1 Å². The maximum Gasteiger partial charge on any atom is 0.203 e. The van der Waals surface area contributed by atoms with Crippen LogP contribution in [-0.4, -0.2) is 21.3 Å². The van der Waals surface area contributed by atoms with Gasteiger partial charge in [-0.15, -0.1) is 11.6 Å². The first-order chi connectivity index (χ1) is 10.0. The van der Waals surface area contributed by atoms with E-state index in [-0.39, 0.29) is 0 Å². The lowest BCUT2D eigenvalue weighted by Gasteiger charge is -2.18. The summed E-state index contributed by atoms with van der Waals surface area (Å²) in [6.07, 6.45) is 0. The normalized spacial score (nSPS) is 12.1. The molecule has 1 aromatic heterocycles. The monoisotopic (exact) mass is 310 g/mol. The third-order valence-electron chi connectivity index (χ3n) is 3.36. The van der Waals surface area contributed by atoms with Crippen molar-refractivity contribution in [3.05, 3.63) is 40.8 Å². The fourth-order valence-electron chi connectivity index (χ4n) is 2.39. The molecule has 0 aliphatic rings. The molecule has 4 nitrogen and oxygen atoms in total. The third-order valence-corrected chi connectivity index (χ3v) is 3.83. The van der Waals surface area contributed by atoms with E-state index in [4.69, 9.17) is 30.2 Å². The summed E-state index contributed by atoms with van der Waals surface area (Å²) in [6, 6.07) is 5.62. The highest BCUT2D eigenvalue weighted by molar-refractivity contribution is 6.23. The van der Waals surface area contributed by atoms with Crippen LogP contribution < -0.4 is 14.2 Å². The first kappa shape index (κ1) is 15.6. The molecule has 0 aliphatic carbocycles. The highest BCUT2D eigenvalue weighted by atomic mass is 35.5. The Labute approximate surface area is 129 Å². The van der Waals surface area contributed by atoms with E-state index in [0.29, 0.717) is 17.2 Å². The molecule has 0 fully saturated rings. The Morgan fingerprint density at radius 1 is 0.952 bits per heavy atom. The molecule has 0 radical (unpaired) electrons. The molecule has 114 valence electrons. The molecule has 1 heterocycles. The van der Waals surface area contributed by atoms with Crippen molar-refractivity contribution in [2.24, 2.45) is 0 Å². The Balaban J connectivity index is 2.55. The summed E-state index contributed by atoms with van der Waals surface area (Å²) in [6.45, 7) is 3.79. The van der Waals surface area contributed by atoms with E-state index >= 15 is 0 Å². The van der Waals surface area contributed by atoms with Gasteiger partial charge >= 0.3 is 0 Å². The molecule has 0 saturated heterocycles. The smallest absolute Gasteiger partial charge is 0.203 e. The zero-order valence-corrected chi connectivity index (χ0v) is 13.6. The molecule has 21 heavy (non-hydrogen) atoms. The molecule has 0 saturated carbocycles. The molecule has 1 aromatic carbocycles. The molecular formula is C16H19ClO4. The summed E-state index contributed by atoms with van der Waals surface area (Å²) < 4.78 is 21.7. The van der Waals surface area contributed by atoms with E-state index in [0.717, 1.165) is 22.6 Å². The Morgan fingerprint density at radius 2 is 1.62 bits per heavy atom. The number of ether oxygens (including phenoxy) is 3. The van der Waals surface area contributed by atoms with Crippen LogP contribution in [0.4, 0.5) is 0 Å². The summed E-state index contributed by atoms with van der Waals surface area (Å²) in [4.78, 5) is 0. The number of halogens is 1. The average Bonchev–Trinajstić information content (AvgIpc) is 2.83. The first-order valence-corrected chi connectivity index (χ1v) is 6.97. The van der Waals surface area contributed by atoms with Crippen molar-refractivity contribution in [3.8, 4) is 17.2 Å². The van der Waals surface area contributed by atoms with Crippen molar-refractivity contribution < 1.29 is 18.6 Å². The molecule has 1 unspecified atom stereocenters. The van der Waals surface area contributed by atoms with Gasteiger partial charge < -0.3 is 18.6 Å². The van der Waals surface area contributed by atoms with E-state index < -0.39 is 5.38 Å². The van der Waals surface area contributed by atoms with E-state index in [1.54, 1.807) is 21.3 Å². The SMILES string of the molecule is COc1ccc(C(Cl)c2cc(C)oc2C)c(OC)c1OC. The molecule has 0 N–H and O–H groups in total. The number of hydrogen-bond acceptors (Lipinski definition) is 4. The second kappa shape index (κ2) is 6.31. The van der Waals surface area contributed by atoms with Gasteiger partial charge in [0.2, 0.25) is 5.75 Å². The molecule has 0 bridgehead atoms. The molecule has 0 aliphatic heterocycles. The second-order valence-corrected chi connectivity index (χ2v) is 5.09. The number of aryl methyl sites for hydroxylation is 2. The lowest BCUT2D eigenvalue weighted by atomic mass is 10.0. The van der Waals surface area contributed by atoms with Crippen molar-refractivity contribution in [2.75, 3.05) is 21.3 Å². The standard InChI is InChI=1S/C16H19ClO4/c1-9-8-12(10(2)21-9)14(17)11-6-7-13(18-3)16(20-5)15(11)19-4/h6-8,14H,1-5H3. The topological polar surface area (TPSA) is 40.8 Å². The quantitative estimate of drug-likeness (QED) is 0.774. The van der Waals surface area contributed by atoms with Crippen molar-refractivity contribution in [3.63, 3.8) is 0 Å². The molecule has 5 heteroatoms. The predicted molar refractivity (Wildman–Crippen MR) is 82.0 cm³/mol. The van der Waals surface area contributed by atoms with Crippen LogP contribution in [0.2, 0.25) is 0 Å². The highest BCUT2D eigenvalue weighted by Gasteiger charge is 2.24. The second-order valence-electron chi connectivity index (χ2n) is 4.65. The van der Waals surface area contributed by atoms with Crippen LogP contribution in [0.1, 0.15) is 28.0 Å². The molecular weight excluding hydrogens is 292 g/mol. The van der Waals surface area contributed by atoms with Crippen LogP contribution in [-0.2, 0) is 0 Å². The number of furan rings is 1. The van der Waals surface area contributed by atoms with Crippen molar-refractivity contribution in [1.82, 2.24) is 0 Å². The minimum absolute atomic E-state index is 0.391. The summed E-state index contributed by atoms with van der Waals surface area (Å²) in [5.41, 5.74) is 1.72. The summed E-state index contributed by atoms with van der Waals surface area (Å²) in [5.74, 6) is 3.31. The van der Waals surface area contributed by atoms with Gasteiger partial charge in [-0.05, 0) is 32.0 Å². The summed E-state index contributed by atoms with van der Waals surface area (Å²) in [5, 5.41) is -0.391. The van der Waals surface area contributed by atoms with Crippen LogP contribution in [0.5, 0.6) is 17.2 Å². The van der Waals surface area contributed by atoms with E-state index in [1.165, 1.54) is 0 Å². The maximum absolute atomic E-state index is 6.62. The van der Waals surface area contributed by atoms with Gasteiger partial charge in [0.05, 0.1) is 26.7 Å². The number of methoxy groups -OCH3 is 3. The zero-order valence-electron chi connectivity index (χ0n) is 12.8. The largest absolute Gasteiger partial charge is 0.493 e. The Kier molecular flexibility index (Phi) is 4.68. The molecule has 0 spiro atoms. The Morgan fingerprint density at radius 3 is 2.10 bits per heavy atom. The van der Waals surface area contributed by atoms with Crippen LogP contribution in [0.3, 0.4) is 0 Å². The minimum atomic E-state index is -0.391. The van der Waals surface area contributed by atoms with Gasteiger partial charge in [0.1, 0.15) is 11.5 Å². The van der Waals surface area contributed by atoms with E-state index in [2.05, 4.69) is 0 Å². The van der Waals surface area contributed by atoms with Gasteiger partial charge in [-0.25, -0.2) is 0 Å². The number of alkyl halides is 1. The molecule has 1 atom stereocenters. The van der Waals surface area contributed by atoms with Crippen LogP contribution in [0.15, 0.2) is 22.6 Å².